The van der Waals surface area contributed by atoms with Crippen LogP contribution in [0.3, 0.4) is 0 Å². The maximum Gasteiger partial charge on any atom is 0.264 e. The summed E-state index contributed by atoms with van der Waals surface area (Å²) in [7, 11) is -2.20. The summed E-state index contributed by atoms with van der Waals surface area (Å²) in [5.41, 5.74) is 0.568. The number of thiophene rings is 1. The van der Waals surface area contributed by atoms with Gasteiger partial charge in [-0.1, -0.05) is 18.2 Å². The molecule has 0 aliphatic carbocycles. The van der Waals surface area contributed by atoms with Gasteiger partial charge in [0, 0.05) is 25.6 Å². The highest BCUT2D eigenvalue weighted by Gasteiger charge is 2.24. The molecular formula is C17H20N2O4S2. The molecule has 25 heavy (non-hydrogen) atoms. The van der Waals surface area contributed by atoms with Gasteiger partial charge < -0.3 is 10.1 Å². The van der Waals surface area contributed by atoms with E-state index in [0.717, 1.165) is 30.8 Å². The quantitative estimate of drug-likeness (QED) is 0.835. The lowest BCUT2D eigenvalue weighted by molar-refractivity contribution is 0.0861. The zero-order chi connectivity index (χ0) is 17.9. The van der Waals surface area contributed by atoms with E-state index in [1.165, 1.54) is 22.8 Å². The van der Waals surface area contributed by atoms with Gasteiger partial charge in [0.15, 0.2) is 0 Å². The third kappa shape index (κ3) is 4.02. The van der Waals surface area contributed by atoms with Crippen molar-refractivity contribution < 1.29 is 17.9 Å². The number of nitrogens with zero attached hydrogens (tertiary/aromatic N) is 1. The fourth-order valence-corrected chi connectivity index (χ4v) is 4.98. The van der Waals surface area contributed by atoms with Crippen molar-refractivity contribution in [2.75, 3.05) is 24.5 Å². The Kier molecular flexibility index (Phi) is 5.41. The highest BCUT2D eigenvalue weighted by atomic mass is 32.2. The Bertz CT molecular complexity index is 827. The summed E-state index contributed by atoms with van der Waals surface area (Å²) in [6, 6.07) is 10.2. The van der Waals surface area contributed by atoms with Crippen LogP contribution in [0.25, 0.3) is 0 Å². The molecule has 1 N–H and O–H groups in total. The van der Waals surface area contributed by atoms with E-state index >= 15 is 0 Å². The minimum atomic E-state index is -3.70. The summed E-state index contributed by atoms with van der Waals surface area (Å²) in [4.78, 5) is 12.7. The zero-order valence-corrected chi connectivity index (χ0v) is 15.5. The van der Waals surface area contributed by atoms with Crippen molar-refractivity contribution in [3.63, 3.8) is 0 Å². The molecule has 8 heteroatoms. The Labute approximate surface area is 151 Å². The third-order valence-corrected chi connectivity index (χ3v) is 6.93. The molecule has 2 heterocycles. The Morgan fingerprint density at radius 3 is 2.80 bits per heavy atom. The van der Waals surface area contributed by atoms with Crippen molar-refractivity contribution in [3.8, 4) is 0 Å². The van der Waals surface area contributed by atoms with Crippen molar-refractivity contribution in [3.05, 3.63) is 46.7 Å². The van der Waals surface area contributed by atoms with Gasteiger partial charge >= 0.3 is 0 Å². The molecule has 1 aliphatic heterocycles. The van der Waals surface area contributed by atoms with Crippen LogP contribution in [-0.4, -0.2) is 40.6 Å². The Morgan fingerprint density at radius 1 is 1.36 bits per heavy atom. The third-order valence-electron chi connectivity index (χ3n) is 4.09. The van der Waals surface area contributed by atoms with Gasteiger partial charge in [-0.25, -0.2) is 8.42 Å². The van der Waals surface area contributed by atoms with Crippen LogP contribution in [0.2, 0.25) is 0 Å². The number of hydrogen-bond donors (Lipinski definition) is 1. The van der Waals surface area contributed by atoms with Crippen LogP contribution in [0.15, 0.2) is 46.7 Å². The van der Waals surface area contributed by atoms with E-state index in [1.807, 2.05) is 6.07 Å². The Balaban J connectivity index is 1.70. The summed E-state index contributed by atoms with van der Waals surface area (Å²) in [6.45, 7) is 1.18. The molecule has 1 fully saturated rings. The summed E-state index contributed by atoms with van der Waals surface area (Å²) in [5, 5.41) is 4.30. The summed E-state index contributed by atoms with van der Waals surface area (Å²) < 4.78 is 32.1. The van der Waals surface area contributed by atoms with Crippen LogP contribution >= 0.6 is 11.3 Å². The number of sulfonamides is 1. The average Bonchev–Trinajstić information content (AvgIpc) is 3.31. The van der Waals surface area contributed by atoms with E-state index in [-0.39, 0.29) is 16.9 Å². The second kappa shape index (κ2) is 7.55. The van der Waals surface area contributed by atoms with Gasteiger partial charge in [-0.2, -0.15) is 0 Å². The first-order valence-electron chi connectivity index (χ1n) is 8.01. The molecular weight excluding hydrogens is 360 g/mol. The number of anilines is 1. The second-order valence-corrected chi connectivity index (χ2v) is 8.68. The van der Waals surface area contributed by atoms with Crippen LogP contribution < -0.4 is 9.62 Å². The normalized spacial score (nSPS) is 17.4. The summed E-state index contributed by atoms with van der Waals surface area (Å²) in [5.74, 6) is -0.274. The molecule has 1 amide bonds. The van der Waals surface area contributed by atoms with Gasteiger partial charge in [0.1, 0.15) is 0 Å². The van der Waals surface area contributed by atoms with Gasteiger partial charge in [-0.3, -0.25) is 9.10 Å². The van der Waals surface area contributed by atoms with Crippen molar-refractivity contribution in [2.24, 2.45) is 0 Å². The lowest BCUT2D eigenvalue weighted by Crippen LogP contribution is -2.31. The predicted octanol–water partition coefficient (Wildman–Crippen LogP) is 2.48. The van der Waals surface area contributed by atoms with Crippen molar-refractivity contribution in [1.82, 2.24) is 5.32 Å². The number of benzene rings is 1. The van der Waals surface area contributed by atoms with E-state index in [4.69, 9.17) is 4.74 Å². The fraction of sp³-hybridized carbons (Fsp3) is 0.353. The van der Waals surface area contributed by atoms with Crippen LogP contribution in [0.4, 0.5) is 5.69 Å². The van der Waals surface area contributed by atoms with E-state index in [1.54, 1.807) is 24.3 Å². The van der Waals surface area contributed by atoms with Crippen LogP contribution in [-0.2, 0) is 14.8 Å². The number of para-hydroxylation sites is 1. The number of amides is 1. The predicted molar refractivity (Wildman–Crippen MR) is 97.7 cm³/mol. The van der Waals surface area contributed by atoms with Gasteiger partial charge in [0.2, 0.25) is 0 Å². The van der Waals surface area contributed by atoms with E-state index in [0.29, 0.717) is 17.1 Å². The topological polar surface area (TPSA) is 75.7 Å². The Morgan fingerprint density at radius 2 is 2.12 bits per heavy atom. The first-order chi connectivity index (χ1) is 12.0. The smallest absolute Gasteiger partial charge is 0.264 e. The minimum absolute atomic E-state index is 0.0522. The minimum Gasteiger partial charge on any atom is -0.376 e. The lowest BCUT2D eigenvalue weighted by Gasteiger charge is -2.18. The second-order valence-electron chi connectivity index (χ2n) is 5.80. The molecule has 6 nitrogen and oxygen atoms in total. The summed E-state index contributed by atoms with van der Waals surface area (Å²) >= 11 is 1.12. The molecule has 1 aliphatic rings. The molecule has 0 spiro atoms. The van der Waals surface area contributed by atoms with Crippen molar-refractivity contribution >= 4 is 33.0 Å². The van der Waals surface area contributed by atoms with Gasteiger partial charge in [0.05, 0.1) is 21.6 Å². The fourth-order valence-electron chi connectivity index (χ4n) is 2.61. The molecule has 134 valence electrons. The molecule has 1 aromatic carbocycles. The number of hydrogen-bond acceptors (Lipinski definition) is 5. The van der Waals surface area contributed by atoms with Crippen molar-refractivity contribution in [2.45, 2.75) is 23.8 Å². The van der Waals surface area contributed by atoms with Gasteiger partial charge in [0.25, 0.3) is 15.9 Å². The number of carbonyl (C=O) groups excluding carboxylic acids is 1. The SMILES string of the molecule is CN(c1ccccc1)S(=O)(=O)c1csc(C(=O)NCC2CCCO2)c1. The van der Waals surface area contributed by atoms with Crippen LogP contribution in [0.5, 0.6) is 0 Å². The number of carbonyl (C=O) groups is 1. The molecule has 1 atom stereocenters. The molecule has 0 saturated carbocycles. The monoisotopic (exact) mass is 380 g/mol. The first-order valence-corrected chi connectivity index (χ1v) is 10.3. The molecule has 2 aromatic rings. The standard InChI is InChI=1S/C17H20N2O4S2/c1-19(13-6-3-2-4-7-13)25(21,22)15-10-16(24-12-15)17(20)18-11-14-8-5-9-23-14/h2-4,6-7,10,12,14H,5,8-9,11H2,1H3,(H,18,20). The number of nitrogens with one attached hydrogen (secondary N) is 1. The molecule has 3 rings (SSSR count). The largest absolute Gasteiger partial charge is 0.376 e. The lowest BCUT2D eigenvalue weighted by atomic mass is 10.2. The Hall–Kier alpha value is -1.90. The zero-order valence-electron chi connectivity index (χ0n) is 13.8. The molecule has 0 radical (unpaired) electrons. The maximum absolute atomic E-state index is 12.7. The molecule has 1 saturated heterocycles. The van der Waals surface area contributed by atoms with E-state index in [2.05, 4.69) is 5.32 Å². The van der Waals surface area contributed by atoms with Gasteiger partial charge in [-0.05, 0) is 31.0 Å². The van der Waals surface area contributed by atoms with E-state index in [9.17, 15) is 13.2 Å². The first kappa shape index (κ1) is 17.9. The highest BCUT2D eigenvalue weighted by molar-refractivity contribution is 7.93. The van der Waals surface area contributed by atoms with E-state index < -0.39 is 10.0 Å². The molecule has 0 bridgehead atoms. The maximum atomic E-state index is 12.7. The van der Waals surface area contributed by atoms with Gasteiger partial charge in [-0.15, -0.1) is 11.3 Å². The van der Waals surface area contributed by atoms with Crippen LogP contribution in [0, 0.1) is 0 Å². The summed E-state index contributed by atoms with van der Waals surface area (Å²) in [6.07, 6.45) is 2.00. The average molecular weight is 380 g/mol. The highest BCUT2D eigenvalue weighted by Crippen LogP contribution is 2.25. The van der Waals surface area contributed by atoms with Crippen molar-refractivity contribution in [1.29, 1.82) is 0 Å². The molecule has 1 aromatic heterocycles. The van der Waals surface area contributed by atoms with Crippen LogP contribution in [0.1, 0.15) is 22.5 Å². The molecule has 1 unspecified atom stereocenters. The number of rotatable bonds is 6. The number of ether oxygens (including phenoxy) is 1.